The molecule has 1 rings (SSSR count). The normalized spacial score (nSPS) is 11.6. The van der Waals surface area contributed by atoms with E-state index in [0.717, 1.165) is 0 Å². The summed E-state index contributed by atoms with van der Waals surface area (Å²) in [5.41, 5.74) is 0.441. The number of halogens is 3. The molecule has 1 atom stereocenters. The van der Waals surface area contributed by atoms with Gasteiger partial charge in [0.25, 0.3) is 0 Å². The lowest BCUT2D eigenvalue weighted by Crippen LogP contribution is -2.34. The molecule has 0 saturated heterocycles. The van der Waals surface area contributed by atoms with Crippen LogP contribution in [0, 0.1) is 5.92 Å². The van der Waals surface area contributed by atoms with Crippen molar-refractivity contribution in [3.05, 3.63) is 23.8 Å². The van der Waals surface area contributed by atoms with Crippen LogP contribution in [0.25, 0.3) is 0 Å². The monoisotopic (exact) mass is 352 g/mol. The van der Waals surface area contributed by atoms with Gasteiger partial charge in [0.15, 0.2) is 11.5 Å². The van der Waals surface area contributed by atoms with Gasteiger partial charge in [-0.2, -0.15) is 8.78 Å². The number of hydrogen-bond acceptors (Lipinski definition) is 4. The SMILES string of the molecule is CCOc1cccc(CNC(=O)C(C)CNC)c1OC(F)F.Cl. The van der Waals surface area contributed by atoms with Crippen molar-refractivity contribution in [3.63, 3.8) is 0 Å². The van der Waals surface area contributed by atoms with Crippen LogP contribution in [-0.4, -0.2) is 32.7 Å². The molecule has 23 heavy (non-hydrogen) atoms. The number of hydrogen-bond donors (Lipinski definition) is 2. The summed E-state index contributed by atoms with van der Waals surface area (Å²) in [6, 6.07) is 4.83. The number of nitrogens with one attached hydrogen (secondary N) is 2. The summed E-state index contributed by atoms with van der Waals surface area (Å²) in [4.78, 5) is 11.9. The van der Waals surface area contributed by atoms with Gasteiger partial charge in [0.1, 0.15) is 0 Å². The van der Waals surface area contributed by atoms with Crippen LogP contribution < -0.4 is 20.1 Å². The average Bonchev–Trinajstić information content (AvgIpc) is 2.47. The standard InChI is InChI=1S/C15H22F2N2O3.ClH/c1-4-21-12-7-5-6-11(13(12)22-15(16)17)9-19-14(20)10(2)8-18-3;/h5-7,10,15,18H,4,8-9H2,1-3H3,(H,19,20);1H. The Hall–Kier alpha value is -1.60. The molecule has 0 saturated carbocycles. The van der Waals surface area contributed by atoms with Crippen LogP contribution in [0.4, 0.5) is 8.78 Å². The molecule has 0 heterocycles. The van der Waals surface area contributed by atoms with E-state index >= 15 is 0 Å². The average molecular weight is 353 g/mol. The molecular formula is C15H23ClF2N2O3. The molecule has 8 heteroatoms. The van der Waals surface area contributed by atoms with E-state index < -0.39 is 6.61 Å². The number of rotatable bonds is 9. The van der Waals surface area contributed by atoms with Crippen molar-refractivity contribution in [2.24, 2.45) is 5.92 Å². The number of carbonyl (C=O) groups is 1. The van der Waals surface area contributed by atoms with Crippen LogP contribution in [-0.2, 0) is 11.3 Å². The summed E-state index contributed by atoms with van der Waals surface area (Å²) < 4.78 is 35.0. The highest BCUT2D eigenvalue weighted by Crippen LogP contribution is 2.32. The minimum absolute atomic E-state index is 0. The van der Waals surface area contributed by atoms with Gasteiger partial charge in [0.2, 0.25) is 5.91 Å². The van der Waals surface area contributed by atoms with Crippen molar-refractivity contribution in [2.45, 2.75) is 27.0 Å². The zero-order valence-electron chi connectivity index (χ0n) is 13.4. The fourth-order valence-electron chi connectivity index (χ4n) is 1.95. The van der Waals surface area contributed by atoms with Crippen molar-refractivity contribution < 1.29 is 23.0 Å². The lowest BCUT2D eigenvalue weighted by Gasteiger charge is -2.17. The molecular weight excluding hydrogens is 330 g/mol. The molecule has 0 bridgehead atoms. The third kappa shape index (κ3) is 7.00. The second-order valence-electron chi connectivity index (χ2n) is 4.73. The fraction of sp³-hybridized carbons (Fsp3) is 0.533. The molecule has 0 spiro atoms. The van der Waals surface area contributed by atoms with E-state index in [9.17, 15) is 13.6 Å². The first-order chi connectivity index (χ1) is 10.5. The Morgan fingerprint density at radius 3 is 2.61 bits per heavy atom. The van der Waals surface area contributed by atoms with Crippen LogP contribution in [0.15, 0.2) is 18.2 Å². The van der Waals surface area contributed by atoms with Crippen molar-refractivity contribution >= 4 is 18.3 Å². The van der Waals surface area contributed by atoms with Gasteiger partial charge in [-0.3, -0.25) is 4.79 Å². The van der Waals surface area contributed by atoms with Crippen molar-refractivity contribution in [1.29, 1.82) is 0 Å². The molecule has 1 amide bonds. The van der Waals surface area contributed by atoms with Gasteiger partial charge < -0.3 is 20.1 Å². The minimum Gasteiger partial charge on any atom is -0.490 e. The Morgan fingerprint density at radius 2 is 2.04 bits per heavy atom. The lowest BCUT2D eigenvalue weighted by atomic mass is 10.1. The summed E-state index contributed by atoms with van der Waals surface area (Å²) in [5, 5.41) is 5.61. The summed E-state index contributed by atoms with van der Waals surface area (Å²) in [6.07, 6.45) is 0. The molecule has 0 aliphatic carbocycles. The van der Waals surface area contributed by atoms with E-state index in [1.165, 1.54) is 0 Å². The number of ether oxygens (including phenoxy) is 2. The third-order valence-electron chi connectivity index (χ3n) is 2.98. The second kappa shape index (κ2) is 11.0. The Labute approximate surface area is 141 Å². The van der Waals surface area contributed by atoms with Crippen molar-refractivity contribution in [3.8, 4) is 11.5 Å². The highest BCUT2D eigenvalue weighted by molar-refractivity contribution is 5.85. The molecule has 0 radical (unpaired) electrons. The molecule has 0 aliphatic rings. The van der Waals surface area contributed by atoms with Crippen LogP contribution >= 0.6 is 12.4 Å². The zero-order valence-corrected chi connectivity index (χ0v) is 14.2. The lowest BCUT2D eigenvalue weighted by molar-refractivity contribution is -0.124. The van der Waals surface area contributed by atoms with E-state index in [2.05, 4.69) is 15.4 Å². The van der Waals surface area contributed by atoms with Gasteiger partial charge >= 0.3 is 6.61 Å². The van der Waals surface area contributed by atoms with E-state index in [4.69, 9.17) is 4.74 Å². The Morgan fingerprint density at radius 1 is 1.35 bits per heavy atom. The van der Waals surface area contributed by atoms with Crippen LogP contribution in [0.2, 0.25) is 0 Å². The topological polar surface area (TPSA) is 59.6 Å². The molecule has 2 N–H and O–H groups in total. The second-order valence-corrected chi connectivity index (χ2v) is 4.73. The highest BCUT2D eigenvalue weighted by atomic mass is 35.5. The molecule has 1 aromatic rings. The highest BCUT2D eigenvalue weighted by Gasteiger charge is 2.17. The molecule has 0 aromatic heterocycles. The third-order valence-corrected chi connectivity index (χ3v) is 2.98. The molecule has 1 unspecified atom stereocenters. The van der Waals surface area contributed by atoms with Crippen LogP contribution in [0.5, 0.6) is 11.5 Å². The zero-order chi connectivity index (χ0) is 16.5. The quantitative estimate of drug-likeness (QED) is 0.717. The predicted molar refractivity (Wildman–Crippen MR) is 86.4 cm³/mol. The van der Waals surface area contributed by atoms with Crippen molar-refractivity contribution in [2.75, 3.05) is 20.2 Å². The number of carbonyl (C=O) groups excluding carboxylic acids is 1. The van der Waals surface area contributed by atoms with Gasteiger partial charge in [0, 0.05) is 24.6 Å². The number of amides is 1. The first kappa shape index (κ1) is 21.4. The van der Waals surface area contributed by atoms with E-state index in [0.29, 0.717) is 18.7 Å². The van der Waals surface area contributed by atoms with Gasteiger partial charge in [-0.1, -0.05) is 19.1 Å². The number of para-hydroxylation sites is 1. The summed E-state index contributed by atoms with van der Waals surface area (Å²) in [7, 11) is 1.75. The Balaban J connectivity index is 0.00000484. The maximum atomic E-state index is 12.6. The fourth-order valence-corrected chi connectivity index (χ4v) is 1.95. The maximum Gasteiger partial charge on any atom is 0.387 e. The number of benzene rings is 1. The minimum atomic E-state index is -2.96. The van der Waals surface area contributed by atoms with Gasteiger partial charge in [0.05, 0.1) is 6.61 Å². The smallest absolute Gasteiger partial charge is 0.387 e. The first-order valence-electron chi connectivity index (χ1n) is 7.11. The number of alkyl halides is 2. The first-order valence-corrected chi connectivity index (χ1v) is 7.11. The largest absolute Gasteiger partial charge is 0.490 e. The Bertz CT molecular complexity index is 490. The molecule has 5 nitrogen and oxygen atoms in total. The molecule has 0 fully saturated rings. The summed E-state index contributed by atoms with van der Waals surface area (Å²) in [6.45, 7) is 1.52. The molecule has 1 aromatic carbocycles. The van der Waals surface area contributed by atoms with E-state index in [1.807, 2.05) is 0 Å². The summed E-state index contributed by atoms with van der Waals surface area (Å²) in [5.74, 6) is -0.197. The van der Waals surface area contributed by atoms with E-state index in [1.54, 1.807) is 39.1 Å². The molecule has 0 aliphatic heterocycles. The summed E-state index contributed by atoms with van der Waals surface area (Å²) >= 11 is 0. The van der Waals surface area contributed by atoms with Crippen LogP contribution in [0.3, 0.4) is 0 Å². The maximum absolute atomic E-state index is 12.6. The van der Waals surface area contributed by atoms with Gasteiger partial charge in [-0.25, -0.2) is 0 Å². The van der Waals surface area contributed by atoms with Crippen LogP contribution in [0.1, 0.15) is 19.4 Å². The molecule has 132 valence electrons. The Kier molecular flexibility index (Phi) is 10.2. The van der Waals surface area contributed by atoms with E-state index in [-0.39, 0.29) is 42.3 Å². The van der Waals surface area contributed by atoms with Gasteiger partial charge in [-0.15, -0.1) is 12.4 Å². The van der Waals surface area contributed by atoms with Crippen molar-refractivity contribution in [1.82, 2.24) is 10.6 Å². The predicted octanol–water partition coefficient (Wildman–Crippen LogP) is 2.58. The van der Waals surface area contributed by atoms with Gasteiger partial charge in [-0.05, 0) is 20.0 Å².